The zero-order valence-corrected chi connectivity index (χ0v) is 11.8. The van der Waals surface area contributed by atoms with Gasteiger partial charge in [-0.3, -0.25) is 9.78 Å². The van der Waals surface area contributed by atoms with E-state index in [0.717, 1.165) is 10.9 Å². The molecule has 0 spiro atoms. The number of aliphatic hydroxyl groups is 1. The van der Waals surface area contributed by atoms with Crippen LogP contribution < -0.4 is 0 Å². The highest BCUT2D eigenvalue weighted by atomic mass is 16.4. The average molecular weight is 297 g/mol. The number of hydrogen-bond donors (Lipinski definition) is 2. The quantitative estimate of drug-likeness (QED) is 0.756. The first kappa shape index (κ1) is 14.3. The van der Waals surface area contributed by atoms with Crippen LogP contribution in [0.4, 0.5) is 0 Å². The maximum absolute atomic E-state index is 10.8. The Morgan fingerprint density at radius 2 is 1.91 bits per heavy atom. The molecule has 0 fully saturated rings. The van der Waals surface area contributed by atoms with Gasteiger partial charge in [0.05, 0.1) is 6.42 Å². The van der Waals surface area contributed by atoms with Gasteiger partial charge in [0.1, 0.15) is 17.4 Å². The van der Waals surface area contributed by atoms with Crippen LogP contribution in [-0.2, 0) is 17.6 Å². The molecule has 5 nitrogen and oxygen atoms in total. The fourth-order valence-corrected chi connectivity index (χ4v) is 2.40. The van der Waals surface area contributed by atoms with Crippen molar-refractivity contribution in [1.82, 2.24) is 4.98 Å². The van der Waals surface area contributed by atoms with Crippen molar-refractivity contribution < 1.29 is 19.4 Å². The van der Waals surface area contributed by atoms with Gasteiger partial charge >= 0.3 is 5.97 Å². The number of benzene rings is 1. The predicted octanol–water partition coefficient (Wildman–Crippen LogP) is 2.73. The number of carboxylic acid groups (broad SMARTS) is 1. The fraction of sp³-hybridized carbons (Fsp3) is 0.176. The number of carboxylic acids is 1. The van der Waals surface area contributed by atoms with Crippen molar-refractivity contribution >= 4 is 16.9 Å². The molecule has 3 aromatic rings. The van der Waals surface area contributed by atoms with Crippen LogP contribution in [0.25, 0.3) is 11.0 Å². The van der Waals surface area contributed by atoms with Gasteiger partial charge in [-0.05, 0) is 41.5 Å². The Hall–Kier alpha value is -2.66. The fourth-order valence-electron chi connectivity index (χ4n) is 2.40. The van der Waals surface area contributed by atoms with Crippen molar-refractivity contribution in [3.8, 4) is 0 Å². The molecule has 0 aliphatic heterocycles. The number of aliphatic hydroxyl groups excluding tert-OH is 1. The van der Waals surface area contributed by atoms with Gasteiger partial charge in [-0.2, -0.15) is 0 Å². The van der Waals surface area contributed by atoms with E-state index in [0.29, 0.717) is 23.3 Å². The van der Waals surface area contributed by atoms with Crippen LogP contribution in [0.1, 0.15) is 23.0 Å². The zero-order valence-electron chi connectivity index (χ0n) is 11.8. The highest BCUT2D eigenvalue weighted by Crippen LogP contribution is 2.27. The Labute approximate surface area is 126 Å². The maximum atomic E-state index is 10.8. The van der Waals surface area contributed by atoms with Gasteiger partial charge in [0.2, 0.25) is 0 Å². The molecule has 0 bridgehead atoms. The summed E-state index contributed by atoms with van der Waals surface area (Å²) in [6.45, 7) is 0. The lowest BCUT2D eigenvalue weighted by molar-refractivity contribution is -0.136. The minimum absolute atomic E-state index is 0.0317. The van der Waals surface area contributed by atoms with Gasteiger partial charge in [-0.25, -0.2) is 0 Å². The topological polar surface area (TPSA) is 83.6 Å². The molecular formula is C17H15NO4. The van der Waals surface area contributed by atoms with E-state index in [1.807, 2.05) is 12.1 Å². The van der Waals surface area contributed by atoms with Crippen LogP contribution in [0.15, 0.2) is 53.2 Å². The number of aromatic nitrogens is 1. The van der Waals surface area contributed by atoms with Crippen LogP contribution in [0.3, 0.4) is 0 Å². The lowest BCUT2D eigenvalue weighted by Crippen LogP contribution is -2.00. The molecule has 0 amide bonds. The Bertz CT molecular complexity index is 795. The van der Waals surface area contributed by atoms with E-state index in [-0.39, 0.29) is 6.42 Å². The monoisotopic (exact) mass is 297 g/mol. The summed E-state index contributed by atoms with van der Waals surface area (Å²) in [7, 11) is 0. The molecule has 0 aliphatic carbocycles. The summed E-state index contributed by atoms with van der Waals surface area (Å²) in [5.74, 6) is -0.403. The predicted molar refractivity (Wildman–Crippen MR) is 80.5 cm³/mol. The Morgan fingerprint density at radius 3 is 2.64 bits per heavy atom. The minimum atomic E-state index is -0.874. The first-order valence-electron chi connectivity index (χ1n) is 6.93. The summed E-state index contributed by atoms with van der Waals surface area (Å²) in [5, 5.41) is 19.9. The second kappa shape index (κ2) is 5.99. The summed E-state index contributed by atoms with van der Waals surface area (Å²) in [5.41, 5.74) is 2.31. The highest BCUT2D eigenvalue weighted by molar-refractivity contribution is 5.80. The number of pyridine rings is 1. The lowest BCUT2D eigenvalue weighted by Gasteiger charge is -2.06. The molecule has 1 aromatic carbocycles. The average Bonchev–Trinajstić information content (AvgIpc) is 2.91. The molecule has 2 heterocycles. The van der Waals surface area contributed by atoms with Crippen molar-refractivity contribution in [2.24, 2.45) is 0 Å². The van der Waals surface area contributed by atoms with Crippen LogP contribution >= 0.6 is 0 Å². The number of nitrogens with zero attached hydrogens (tertiary/aromatic N) is 1. The number of hydrogen-bond acceptors (Lipinski definition) is 4. The summed E-state index contributed by atoms with van der Waals surface area (Å²) in [6, 6.07) is 10.7. The van der Waals surface area contributed by atoms with Crippen LogP contribution in [0.2, 0.25) is 0 Å². The molecule has 3 rings (SSSR count). The van der Waals surface area contributed by atoms with Gasteiger partial charge in [0.25, 0.3) is 0 Å². The van der Waals surface area contributed by atoms with E-state index in [1.54, 1.807) is 36.7 Å². The molecule has 2 aromatic heterocycles. The summed E-state index contributed by atoms with van der Waals surface area (Å²) >= 11 is 0. The van der Waals surface area contributed by atoms with Crippen molar-refractivity contribution in [2.45, 2.75) is 18.9 Å². The highest BCUT2D eigenvalue weighted by Gasteiger charge is 2.14. The van der Waals surface area contributed by atoms with E-state index < -0.39 is 12.1 Å². The van der Waals surface area contributed by atoms with Gasteiger partial charge in [0.15, 0.2) is 0 Å². The summed E-state index contributed by atoms with van der Waals surface area (Å²) in [4.78, 5) is 14.7. The third-order valence-electron chi connectivity index (χ3n) is 3.46. The smallest absolute Gasteiger partial charge is 0.307 e. The number of rotatable bonds is 5. The van der Waals surface area contributed by atoms with Crippen molar-refractivity contribution in [2.75, 3.05) is 0 Å². The zero-order chi connectivity index (χ0) is 15.5. The van der Waals surface area contributed by atoms with E-state index in [1.165, 1.54) is 0 Å². The molecule has 1 atom stereocenters. The maximum Gasteiger partial charge on any atom is 0.307 e. The molecule has 0 aliphatic rings. The number of fused-ring (bicyclic) bond motifs is 1. The van der Waals surface area contributed by atoms with Gasteiger partial charge in [-0.15, -0.1) is 0 Å². The third-order valence-corrected chi connectivity index (χ3v) is 3.46. The molecule has 112 valence electrons. The Balaban J connectivity index is 1.83. The van der Waals surface area contributed by atoms with E-state index in [9.17, 15) is 9.90 Å². The molecule has 0 saturated heterocycles. The second-order valence-corrected chi connectivity index (χ2v) is 5.17. The number of aliphatic carboxylic acids is 1. The van der Waals surface area contributed by atoms with E-state index in [2.05, 4.69) is 4.98 Å². The van der Waals surface area contributed by atoms with Crippen molar-refractivity contribution in [1.29, 1.82) is 0 Å². The van der Waals surface area contributed by atoms with Crippen LogP contribution in [-0.4, -0.2) is 21.2 Å². The lowest BCUT2D eigenvalue weighted by atomic mass is 10.1. The largest absolute Gasteiger partial charge is 0.481 e. The molecule has 2 N–H and O–H groups in total. The SMILES string of the molecule is O=C(O)Cc1ccc2oc(C(O)Cc3ccncc3)cc2c1. The second-order valence-electron chi connectivity index (χ2n) is 5.17. The Morgan fingerprint density at radius 1 is 1.14 bits per heavy atom. The van der Waals surface area contributed by atoms with E-state index >= 15 is 0 Å². The molecule has 0 radical (unpaired) electrons. The van der Waals surface area contributed by atoms with Gasteiger partial charge < -0.3 is 14.6 Å². The molecule has 0 saturated carbocycles. The summed E-state index contributed by atoms with van der Waals surface area (Å²) < 4.78 is 5.65. The normalized spacial score (nSPS) is 12.4. The number of furan rings is 1. The standard InChI is InChI=1S/C17H15NO4/c19-14(8-11-3-5-18-6-4-11)16-10-13-7-12(9-17(20)21)1-2-15(13)22-16/h1-7,10,14,19H,8-9H2,(H,20,21). The van der Waals surface area contributed by atoms with Crippen molar-refractivity contribution in [3.05, 3.63) is 65.7 Å². The van der Waals surface area contributed by atoms with Crippen LogP contribution in [0.5, 0.6) is 0 Å². The first-order chi connectivity index (χ1) is 10.6. The first-order valence-corrected chi connectivity index (χ1v) is 6.93. The van der Waals surface area contributed by atoms with E-state index in [4.69, 9.17) is 9.52 Å². The van der Waals surface area contributed by atoms with Crippen LogP contribution in [0, 0.1) is 0 Å². The molecular weight excluding hydrogens is 282 g/mol. The molecule has 1 unspecified atom stereocenters. The van der Waals surface area contributed by atoms with Gasteiger partial charge in [-0.1, -0.05) is 6.07 Å². The Kier molecular flexibility index (Phi) is 3.89. The number of carbonyl (C=O) groups is 1. The van der Waals surface area contributed by atoms with Gasteiger partial charge in [0, 0.05) is 24.2 Å². The molecule has 22 heavy (non-hydrogen) atoms. The molecule has 5 heteroatoms. The summed E-state index contributed by atoms with van der Waals surface area (Å²) in [6.07, 6.45) is 3.01. The van der Waals surface area contributed by atoms with Crippen molar-refractivity contribution in [3.63, 3.8) is 0 Å². The minimum Gasteiger partial charge on any atom is -0.481 e. The third kappa shape index (κ3) is 3.15.